The van der Waals surface area contributed by atoms with E-state index >= 15 is 0 Å². The standard InChI is InChI=1S/C15H24N2O3/c1-11(2)8-12(18)9-16-10-15(19)17-13-6-4-5-7-14(13)20-3/h4-7,11-12,16,18H,8-10H2,1-3H3,(H,17,19). The van der Waals surface area contributed by atoms with Crippen LogP contribution in [-0.2, 0) is 4.79 Å². The number of anilines is 1. The zero-order valence-corrected chi connectivity index (χ0v) is 12.3. The number of aliphatic hydroxyl groups excluding tert-OH is 1. The van der Waals surface area contributed by atoms with Crippen LogP contribution in [0.3, 0.4) is 0 Å². The topological polar surface area (TPSA) is 70.6 Å². The number of aliphatic hydroxyl groups is 1. The lowest BCUT2D eigenvalue weighted by molar-refractivity contribution is -0.115. The van der Waals surface area contributed by atoms with Crippen molar-refractivity contribution in [2.24, 2.45) is 5.92 Å². The molecule has 1 atom stereocenters. The van der Waals surface area contributed by atoms with Gasteiger partial charge < -0.3 is 20.5 Å². The maximum atomic E-state index is 11.8. The summed E-state index contributed by atoms with van der Waals surface area (Å²) < 4.78 is 5.16. The number of nitrogens with one attached hydrogen (secondary N) is 2. The summed E-state index contributed by atoms with van der Waals surface area (Å²) in [5.74, 6) is 0.904. The van der Waals surface area contributed by atoms with E-state index in [4.69, 9.17) is 4.74 Å². The minimum Gasteiger partial charge on any atom is -0.495 e. The number of ether oxygens (including phenoxy) is 1. The SMILES string of the molecule is COc1ccccc1NC(=O)CNCC(O)CC(C)C. The second-order valence-corrected chi connectivity index (χ2v) is 5.16. The third-order valence-electron chi connectivity index (χ3n) is 2.79. The third kappa shape index (κ3) is 6.04. The quantitative estimate of drug-likeness (QED) is 0.677. The van der Waals surface area contributed by atoms with Gasteiger partial charge in [0.05, 0.1) is 25.4 Å². The van der Waals surface area contributed by atoms with Crippen LogP contribution in [0.15, 0.2) is 24.3 Å². The number of hydrogen-bond acceptors (Lipinski definition) is 4. The molecule has 5 nitrogen and oxygen atoms in total. The van der Waals surface area contributed by atoms with E-state index in [-0.39, 0.29) is 12.5 Å². The number of rotatable bonds is 8. The van der Waals surface area contributed by atoms with Crippen LogP contribution < -0.4 is 15.4 Å². The van der Waals surface area contributed by atoms with Crippen molar-refractivity contribution < 1.29 is 14.6 Å². The van der Waals surface area contributed by atoms with Crippen LogP contribution >= 0.6 is 0 Å². The average molecular weight is 280 g/mol. The van der Waals surface area contributed by atoms with Gasteiger partial charge in [-0.2, -0.15) is 0 Å². The molecule has 1 aromatic carbocycles. The second kappa shape index (κ2) is 8.55. The Bertz CT molecular complexity index is 421. The van der Waals surface area contributed by atoms with Gasteiger partial charge in [-0.3, -0.25) is 4.79 Å². The van der Waals surface area contributed by atoms with Gasteiger partial charge in [0.1, 0.15) is 5.75 Å². The Balaban J connectivity index is 2.33. The Kier molecular flexibility index (Phi) is 7.04. The van der Waals surface area contributed by atoms with E-state index in [1.54, 1.807) is 19.2 Å². The first-order valence-corrected chi connectivity index (χ1v) is 6.84. The van der Waals surface area contributed by atoms with Crippen LogP contribution in [-0.4, -0.2) is 37.3 Å². The largest absolute Gasteiger partial charge is 0.495 e. The fraction of sp³-hybridized carbons (Fsp3) is 0.533. The first-order chi connectivity index (χ1) is 9.52. The zero-order valence-electron chi connectivity index (χ0n) is 12.3. The minimum atomic E-state index is -0.422. The molecule has 112 valence electrons. The molecule has 1 amide bonds. The molecule has 1 aromatic rings. The maximum Gasteiger partial charge on any atom is 0.238 e. The fourth-order valence-electron chi connectivity index (χ4n) is 1.92. The molecule has 0 spiro atoms. The molecule has 0 radical (unpaired) electrons. The number of hydrogen-bond donors (Lipinski definition) is 3. The molecule has 20 heavy (non-hydrogen) atoms. The molecule has 0 aromatic heterocycles. The van der Waals surface area contributed by atoms with Gasteiger partial charge in [0.2, 0.25) is 5.91 Å². The van der Waals surface area contributed by atoms with Crippen molar-refractivity contribution in [2.45, 2.75) is 26.4 Å². The van der Waals surface area contributed by atoms with Gasteiger partial charge in [-0.1, -0.05) is 26.0 Å². The van der Waals surface area contributed by atoms with Gasteiger partial charge in [-0.05, 0) is 24.5 Å². The van der Waals surface area contributed by atoms with E-state index in [0.29, 0.717) is 23.9 Å². The number of carbonyl (C=O) groups excluding carboxylic acids is 1. The van der Waals surface area contributed by atoms with Gasteiger partial charge in [-0.25, -0.2) is 0 Å². The van der Waals surface area contributed by atoms with E-state index in [1.807, 2.05) is 12.1 Å². The first-order valence-electron chi connectivity index (χ1n) is 6.84. The summed E-state index contributed by atoms with van der Waals surface area (Å²) in [5, 5.41) is 15.4. The minimum absolute atomic E-state index is 0.160. The van der Waals surface area contributed by atoms with Crippen molar-refractivity contribution in [1.29, 1.82) is 0 Å². The van der Waals surface area contributed by atoms with Gasteiger partial charge in [0.15, 0.2) is 0 Å². The fourth-order valence-corrected chi connectivity index (χ4v) is 1.92. The average Bonchev–Trinajstić information content (AvgIpc) is 2.38. The Morgan fingerprint density at radius 2 is 2.05 bits per heavy atom. The molecule has 5 heteroatoms. The van der Waals surface area contributed by atoms with Crippen LogP contribution in [0.5, 0.6) is 5.75 Å². The monoisotopic (exact) mass is 280 g/mol. The van der Waals surface area contributed by atoms with E-state index in [0.717, 1.165) is 6.42 Å². The summed E-state index contributed by atoms with van der Waals surface area (Å²) in [6.07, 6.45) is 0.301. The van der Waals surface area contributed by atoms with E-state index in [2.05, 4.69) is 24.5 Å². The van der Waals surface area contributed by atoms with Crippen molar-refractivity contribution in [3.63, 3.8) is 0 Å². The van der Waals surface area contributed by atoms with Crippen molar-refractivity contribution in [3.8, 4) is 5.75 Å². The van der Waals surface area contributed by atoms with Crippen LogP contribution in [0, 0.1) is 5.92 Å². The Labute approximate surface area is 120 Å². The predicted molar refractivity (Wildman–Crippen MR) is 80.0 cm³/mol. The molecular weight excluding hydrogens is 256 g/mol. The van der Waals surface area contributed by atoms with Gasteiger partial charge >= 0.3 is 0 Å². The summed E-state index contributed by atoms with van der Waals surface area (Å²) in [4.78, 5) is 11.8. The number of benzene rings is 1. The zero-order chi connectivity index (χ0) is 15.0. The summed E-state index contributed by atoms with van der Waals surface area (Å²) in [5.41, 5.74) is 0.643. The molecule has 1 unspecified atom stereocenters. The molecular formula is C15H24N2O3. The van der Waals surface area contributed by atoms with Gasteiger partial charge in [0, 0.05) is 6.54 Å². The Morgan fingerprint density at radius 3 is 2.70 bits per heavy atom. The maximum absolute atomic E-state index is 11.8. The molecule has 0 aliphatic rings. The van der Waals surface area contributed by atoms with Crippen molar-refractivity contribution in [3.05, 3.63) is 24.3 Å². The highest BCUT2D eigenvalue weighted by atomic mass is 16.5. The lowest BCUT2D eigenvalue weighted by Gasteiger charge is -2.14. The predicted octanol–water partition coefficient (Wildman–Crippen LogP) is 1.63. The highest BCUT2D eigenvalue weighted by Crippen LogP contribution is 2.22. The first kappa shape index (κ1) is 16.5. The third-order valence-corrected chi connectivity index (χ3v) is 2.79. The smallest absolute Gasteiger partial charge is 0.238 e. The highest BCUT2D eigenvalue weighted by Gasteiger charge is 2.09. The molecule has 1 rings (SSSR count). The summed E-state index contributed by atoms with van der Waals surface area (Å²) >= 11 is 0. The van der Waals surface area contributed by atoms with Crippen LogP contribution in [0.25, 0.3) is 0 Å². The summed E-state index contributed by atoms with van der Waals surface area (Å²) in [6.45, 7) is 4.68. The van der Waals surface area contributed by atoms with Gasteiger partial charge in [-0.15, -0.1) is 0 Å². The van der Waals surface area contributed by atoms with Crippen LogP contribution in [0.2, 0.25) is 0 Å². The number of amides is 1. The summed E-state index contributed by atoms with van der Waals surface area (Å²) in [6, 6.07) is 7.24. The molecule has 0 saturated heterocycles. The molecule has 3 N–H and O–H groups in total. The van der Waals surface area contributed by atoms with Crippen LogP contribution in [0.4, 0.5) is 5.69 Å². The molecule has 0 bridgehead atoms. The number of methoxy groups -OCH3 is 1. The van der Waals surface area contributed by atoms with E-state index in [9.17, 15) is 9.90 Å². The number of carbonyl (C=O) groups is 1. The second-order valence-electron chi connectivity index (χ2n) is 5.16. The lowest BCUT2D eigenvalue weighted by atomic mass is 10.1. The molecule has 0 aliphatic carbocycles. The molecule has 0 heterocycles. The Hall–Kier alpha value is -1.59. The van der Waals surface area contributed by atoms with E-state index < -0.39 is 6.10 Å². The Morgan fingerprint density at radius 1 is 1.35 bits per heavy atom. The lowest BCUT2D eigenvalue weighted by Crippen LogP contribution is -2.34. The molecule has 0 fully saturated rings. The molecule has 0 saturated carbocycles. The van der Waals surface area contributed by atoms with Crippen molar-refractivity contribution in [2.75, 3.05) is 25.5 Å². The normalized spacial score (nSPS) is 12.2. The summed E-state index contributed by atoms with van der Waals surface area (Å²) in [7, 11) is 1.56. The van der Waals surface area contributed by atoms with Gasteiger partial charge in [0.25, 0.3) is 0 Å². The molecule has 0 aliphatic heterocycles. The van der Waals surface area contributed by atoms with Crippen molar-refractivity contribution in [1.82, 2.24) is 5.32 Å². The van der Waals surface area contributed by atoms with Crippen molar-refractivity contribution >= 4 is 11.6 Å². The van der Waals surface area contributed by atoms with Crippen LogP contribution in [0.1, 0.15) is 20.3 Å². The number of para-hydroxylation sites is 2. The van der Waals surface area contributed by atoms with E-state index in [1.165, 1.54) is 0 Å². The highest BCUT2D eigenvalue weighted by molar-refractivity contribution is 5.93.